The topological polar surface area (TPSA) is 75.7 Å². The molecule has 0 aliphatic carbocycles. The van der Waals surface area contributed by atoms with Crippen molar-refractivity contribution in [2.75, 3.05) is 20.7 Å². The van der Waals surface area contributed by atoms with Gasteiger partial charge in [-0.15, -0.1) is 0 Å². The van der Waals surface area contributed by atoms with Gasteiger partial charge in [0.25, 0.3) is 0 Å². The van der Waals surface area contributed by atoms with Gasteiger partial charge >= 0.3 is 0 Å². The van der Waals surface area contributed by atoms with E-state index in [0.717, 1.165) is 22.1 Å². The third kappa shape index (κ3) is 5.62. The van der Waals surface area contributed by atoms with E-state index in [1.807, 2.05) is 49.4 Å². The van der Waals surface area contributed by atoms with Crippen LogP contribution in [-0.2, 0) is 14.8 Å². The van der Waals surface area contributed by atoms with Crippen LogP contribution in [0.25, 0.3) is 10.8 Å². The normalized spacial score (nSPS) is 12.6. The predicted octanol–water partition coefficient (Wildman–Crippen LogP) is 4.13. The van der Waals surface area contributed by atoms with Crippen LogP contribution < -0.4 is 10.1 Å². The molecule has 0 aliphatic heterocycles. The fourth-order valence-electron chi connectivity index (χ4n) is 3.27. The number of rotatable bonds is 9. The minimum atomic E-state index is -3.46. The first-order valence-electron chi connectivity index (χ1n) is 10.2. The van der Waals surface area contributed by atoms with Crippen molar-refractivity contribution in [3.8, 4) is 5.75 Å². The molecule has 164 valence electrons. The summed E-state index contributed by atoms with van der Waals surface area (Å²) in [6.07, 6.45) is 0.948. The molecule has 0 saturated heterocycles. The molecule has 31 heavy (non-hydrogen) atoms. The summed E-state index contributed by atoms with van der Waals surface area (Å²) in [6.45, 7) is 2.33. The largest absolute Gasteiger partial charge is 0.493 e. The van der Waals surface area contributed by atoms with Crippen molar-refractivity contribution in [2.45, 2.75) is 30.7 Å². The highest BCUT2D eigenvalue weighted by molar-refractivity contribution is 7.89. The summed E-state index contributed by atoms with van der Waals surface area (Å²) in [7, 11) is -0.470. The van der Waals surface area contributed by atoms with Crippen molar-refractivity contribution < 1.29 is 17.9 Å². The van der Waals surface area contributed by atoms with Gasteiger partial charge in [0.2, 0.25) is 15.9 Å². The lowest BCUT2D eigenvalue weighted by molar-refractivity contribution is -0.121. The molecule has 0 aliphatic rings. The molecule has 0 radical (unpaired) electrons. The van der Waals surface area contributed by atoms with Crippen molar-refractivity contribution in [1.82, 2.24) is 9.62 Å². The molecular formula is C24H28N2O4S. The standard InChI is InChI=1S/C24H28N2O4S/c1-18(19-13-15-21(16-14-19)31(28,29)26(2)3)25-24(27)12-7-17-30-23-11-6-9-20-8-4-5-10-22(20)23/h4-6,8-11,13-16,18H,7,12,17H2,1-3H3,(H,25,27). The number of carbonyl (C=O) groups is 1. The number of benzene rings is 3. The SMILES string of the molecule is CC(NC(=O)CCCOc1cccc2ccccc12)c1ccc(S(=O)(=O)N(C)C)cc1. The van der Waals surface area contributed by atoms with Crippen molar-refractivity contribution in [1.29, 1.82) is 0 Å². The minimum absolute atomic E-state index is 0.0704. The Balaban J connectivity index is 1.48. The second-order valence-corrected chi connectivity index (χ2v) is 9.73. The Hall–Kier alpha value is -2.90. The summed E-state index contributed by atoms with van der Waals surface area (Å²) < 4.78 is 31.4. The van der Waals surface area contributed by atoms with E-state index in [4.69, 9.17) is 4.74 Å². The second-order valence-electron chi connectivity index (χ2n) is 7.57. The summed E-state index contributed by atoms with van der Waals surface area (Å²) >= 11 is 0. The molecule has 1 atom stereocenters. The monoisotopic (exact) mass is 440 g/mol. The number of fused-ring (bicyclic) bond motifs is 1. The van der Waals surface area contributed by atoms with E-state index in [9.17, 15) is 13.2 Å². The molecular weight excluding hydrogens is 412 g/mol. The lowest BCUT2D eigenvalue weighted by Crippen LogP contribution is -2.27. The van der Waals surface area contributed by atoms with Gasteiger partial charge in [-0.3, -0.25) is 4.79 Å². The summed E-state index contributed by atoms with van der Waals surface area (Å²) in [6, 6.07) is 20.3. The van der Waals surface area contributed by atoms with Gasteiger partial charge in [0.1, 0.15) is 5.75 Å². The number of carbonyl (C=O) groups excluding carboxylic acids is 1. The average Bonchev–Trinajstić information content (AvgIpc) is 2.76. The van der Waals surface area contributed by atoms with Crippen molar-refractivity contribution >= 4 is 26.7 Å². The Morgan fingerprint density at radius 3 is 2.39 bits per heavy atom. The Labute approximate surface area is 183 Å². The van der Waals surface area contributed by atoms with Crippen LogP contribution in [0.2, 0.25) is 0 Å². The van der Waals surface area contributed by atoms with E-state index in [0.29, 0.717) is 19.4 Å². The molecule has 3 aromatic carbocycles. The molecule has 6 nitrogen and oxygen atoms in total. The lowest BCUT2D eigenvalue weighted by atomic mass is 10.1. The van der Waals surface area contributed by atoms with Gasteiger partial charge in [0.15, 0.2) is 0 Å². The maximum absolute atomic E-state index is 12.3. The van der Waals surface area contributed by atoms with E-state index < -0.39 is 10.0 Å². The van der Waals surface area contributed by atoms with Crippen molar-refractivity contribution in [3.63, 3.8) is 0 Å². The molecule has 0 saturated carbocycles. The van der Waals surface area contributed by atoms with Crippen LogP contribution in [0.5, 0.6) is 5.75 Å². The highest BCUT2D eigenvalue weighted by Crippen LogP contribution is 2.25. The Morgan fingerprint density at radius 2 is 1.68 bits per heavy atom. The first-order valence-corrected chi connectivity index (χ1v) is 11.7. The van der Waals surface area contributed by atoms with E-state index in [1.165, 1.54) is 18.4 Å². The summed E-state index contributed by atoms with van der Waals surface area (Å²) in [5.41, 5.74) is 0.845. The lowest BCUT2D eigenvalue weighted by Gasteiger charge is -2.16. The Morgan fingerprint density at radius 1 is 1.00 bits per heavy atom. The molecule has 0 aromatic heterocycles. The molecule has 0 fully saturated rings. The van der Waals surface area contributed by atoms with Gasteiger partial charge in [0, 0.05) is 25.9 Å². The van der Waals surface area contributed by atoms with Gasteiger partial charge in [-0.2, -0.15) is 0 Å². The van der Waals surface area contributed by atoms with Gasteiger partial charge in [-0.05, 0) is 42.5 Å². The molecule has 0 spiro atoms. The van der Waals surface area contributed by atoms with E-state index >= 15 is 0 Å². The van der Waals surface area contributed by atoms with Gasteiger partial charge in [0.05, 0.1) is 17.5 Å². The molecule has 0 bridgehead atoms. The van der Waals surface area contributed by atoms with Crippen molar-refractivity contribution in [3.05, 3.63) is 72.3 Å². The van der Waals surface area contributed by atoms with Gasteiger partial charge < -0.3 is 10.1 Å². The van der Waals surface area contributed by atoms with Crippen LogP contribution in [0, 0.1) is 0 Å². The number of nitrogens with zero attached hydrogens (tertiary/aromatic N) is 1. The minimum Gasteiger partial charge on any atom is -0.493 e. The molecule has 1 unspecified atom stereocenters. The van der Waals surface area contributed by atoms with E-state index in [1.54, 1.807) is 24.3 Å². The Bertz CT molecular complexity index is 1140. The number of amides is 1. The maximum Gasteiger partial charge on any atom is 0.242 e. The number of nitrogens with one attached hydrogen (secondary N) is 1. The first-order chi connectivity index (χ1) is 14.8. The summed E-state index contributed by atoms with van der Waals surface area (Å²) in [5.74, 6) is 0.749. The molecule has 7 heteroatoms. The van der Waals surface area contributed by atoms with Gasteiger partial charge in [-0.25, -0.2) is 12.7 Å². The van der Waals surface area contributed by atoms with Crippen LogP contribution in [-0.4, -0.2) is 39.3 Å². The van der Waals surface area contributed by atoms with E-state index in [-0.39, 0.29) is 16.8 Å². The second kappa shape index (κ2) is 9.94. The molecule has 0 heterocycles. The van der Waals surface area contributed by atoms with Gasteiger partial charge in [-0.1, -0.05) is 48.5 Å². The van der Waals surface area contributed by atoms with Crippen LogP contribution in [0.3, 0.4) is 0 Å². The molecule has 1 amide bonds. The zero-order valence-corrected chi connectivity index (χ0v) is 18.9. The van der Waals surface area contributed by atoms with Crippen LogP contribution in [0.1, 0.15) is 31.4 Å². The number of hydrogen-bond acceptors (Lipinski definition) is 4. The first kappa shape index (κ1) is 22.8. The number of ether oxygens (including phenoxy) is 1. The highest BCUT2D eigenvalue weighted by atomic mass is 32.2. The third-order valence-electron chi connectivity index (χ3n) is 5.09. The fourth-order valence-corrected chi connectivity index (χ4v) is 4.17. The summed E-state index contributed by atoms with van der Waals surface area (Å²) in [5, 5.41) is 5.13. The van der Waals surface area contributed by atoms with Crippen LogP contribution in [0.4, 0.5) is 0 Å². The molecule has 1 N–H and O–H groups in total. The number of hydrogen-bond donors (Lipinski definition) is 1. The zero-order valence-electron chi connectivity index (χ0n) is 18.0. The smallest absolute Gasteiger partial charge is 0.242 e. The third-order valence-corrected chi connectivity index (χ3v) is 6.92. The zero-order chi connectivity index (χ0) is 22.4. The van der Waals surface area contributed by atoms with Crippen LogP contribution >= 0.6 is 0 Å². The van der Waals surface area contributed by atoms with Crippen molar-refractivity contribution in [2.24, 2.45) is 0 Å². The maximum atomic E-state index is 12.3. The molecule has 3 aromatic rings. The average molecular weight is 441 g/mol. The highest BCUT2D eigenvalue weighted by Gasteiger charge is 2.17. The fraction of sp³-hybridized carbons (Fsp3) is 0.292. The van der Waals surface area contributed by atoms with Crippen LogP contribution in [0.15, 0.2) is 71.6 Å². The summed E-state index contributed by atoms with van der Waals surface area (Å²) in [4.78, 5) is 12.5. The number of sulfonamides is 1. The quantitative estimate of drug-likeness (QED) is 0.508. The Kier molecular flexibility index (Phi) is 7.30. The predicted molar refractivity (Wildman–Crippen MR) is 123 cm³/mol. The van der Waals surface area contributed by atoms with E-state index in [2.05, 4.69) is 5.32 Å². The molecule has 3 rings (SSSR count).